The van der Waals surface area contributed by atoms with Crippen LogP contribution >= 0.6 is 0 Å². The van der Waals surface area contributed by atoms with Crippen LogP contribution in [0.15, 0.2) is 30.5 Å². The molecule has 166 valence electrons. The summed E-state index contributed by atoms with van der Waals surface area (Å²) in [4.78, 5) is 21.8. The van der Waals surface area contributed by atoms with Crippen LogP contribution in [0.4, 0.5) is 0 Å². The SMILES string of the molecule is Cc1ccc(C(=O)N2C[C@@H]3C[C@H]2CN3[C@@H](C)c2ccc(OCC(C)O)c(C)c2C)cn1. The number of carbonyl (C=O) groups is 1. The molecule has 0 aliphatic carbocycles. The number of pyridine rings is 1. The predicted octanol–water partition coefficient (Wildman–Crippen LogP) is 3.43. The molecule has 2 aromatic rings. The summed E-state index contributed by atoms with van der Waals surface area (Å²) in [6, 6.07) is 8.87. The summed E-state index contributed by atoms with van der Waals surface area (Å²) in [6.07, 6.45) is 2.24. The lowest BCUT2D eigenvalue weighted by Gasteiger charge is -2.38. The zero-order valence-electron chi connectivity index (χ0n) is 19.1. The van der Waals surface area contributed by atoms with Crippen LogP contribution in [0.5, 0.6) is 5.75 Å². The van der Waals surface area contributed by atoms with E-state index in [1.165, 1.54) is 11.1 Å². The molecule has 2 saturated heterocycles. The number of hydrogen-bond acceptors (Lipinski definition) is 5. The van der Waals surface area contributed by atoms with E-state index >= 15 is 0 Å². The first-order chi connectivity index (χ1) is 14.8. The molecule has 2 aliphatic rings. The first-order valence-electron chi connectivity index (χ1n) is 11.2. The minimum atomic E-state index is -0.486. The van der Waals surface area contributed by atoms with Crippen molar-refractivity contribution < 1.29 is 14.6 Å². The summed E-state index contributed by atoms with van der Waals surface area (Å²) < 4.78 is 5.77. The Bertz CT molecular complexity index is 957. The Kier molecular flexibility index (Phi) is 6.04. The van der Waals surface area contributed by atoms with Gasteiger partial charge in [0.2, 0.25) is 0 Å². The average Bonchev–Trinajstić information content (AvgIpc) is 3.35. The van der Waals surface area contributed by atoms with Crippen molar-refractivity contribution >= 4 is 5.91 Å². The van der Waals surface area contributed by atoms with E-state index in [1.54, 1.807) is 13.1 Å². The Balaban J connectivity index is 1.45. The monoisotopic (exact) mass is 423 g/mol. The second-order valence-electron chi connectivity index (χ2n) is 9.12. The topological polar surface area (TPSA) is 65.9 Å². The number of likely N-dealkylation sites (tertiary alicyclic amines) is 2. The number of hydrogen-bond donors (Lipinski definition) is 1. The lowest BCUT2D eigenvalue weighted by molar-refractivity contribution is 0.0568. The highest BCUT2D eigenvalue weighted by molar-refractivity contribution is 5.94. The van der Waals surface area contributed by atoms with Crippen molar-refractivity contribution in [2.75, 3.05) is 19.7 Å². The first-order valence-corrected chi connectivity index (χ1v) is 11.2. The molecule has 0 spiro atoms. The molecule has 1 aromatic carbocycles. The maximum atomic E-state index is 13.0. The van der Waals surface area contributed by atoms with Gasteiger partial charge in [-0.3, -0.25) is 14.7 Å². The molecule has 6 heteroatoms. The van der Waals surface area contributed by atoms with Crippen molar-refractivity contribution in [2.45, 2.75) is 65.3 Å². The minimum Gasteiger partial charge on any atom is -0.491 e. The molecule has 31 heavy (non-hydrogen) atoms. The van der Waals surface area contributed by atoms with Crippen molar-refractivity contribution in [3.8, 4) is 5.75 Å². The molecule has 4 rings (SSSR count). The molecule has 1 amide bonds. The van der Waals surface area contributed by atoms with Gasteiger partial charge in [0.1, 0.15) is 12.4 Å². The van der Waals surface area contributed by atoms with Crippen LogP contribution in [-0.2, 0) is 0 Å². The van der Waals surface area contributed by atoms with E-state index in [0.29, 0.717) is 18.2 Å². The number of carbonyl (C=O) groups excluding carboxylic acids is 1. The normalized spacial score (nSPS) is 22.6. The van der Waals surface area contributed by atoms with E-state index in [4.69, 9.17) is 4.74 Å². The maximum Gasteiger partial charge on any atom is 0.255 e. The lowest BCUT2D eigenvalue weighted by atomic mass is 9.96. The Morgan fingerprint density at radius 1 is 1.13 bits per heavy atom. The summed E-state index contributed by atoms with van der Waals surface area (Å²) in [6.45, 7) is 12.1. The number of aromatic nitrogens is 1. The van der Waals surface area contributed by atoms with Crippen LogP contribution in [0.1, 0.15) is 59.1 Å². The van der Waals surface area contributed by atoms with E-state index in [-0.39, 0.29) is 18.0 Å². The molecule has 2 fully saturated rings. The van der Waals surface area contributed by atoms with Crippen LogP contribution in [0.25, 0.3) is 0 Å². The van der Waals surface area contributed by atoms with Gasteiger partial charge in [-0.15, -0.1) is 0 Å². The number of nitrogens with zero attached hydrogens (tertiary/aromatic N) is 3. The number of rotatable bonds is 6. The highest BCUT2D eigenvalue weighted by Gasteiger charge is 2.47. The summed E-state index contributed by atoms with van der Waals surface area (Å²) in [5.41, 5.74) is 5.26. The summed E-state index contributed by atoms with van der Waals surface area (Å²) in [5.74, 6) is 0.930. The van der Waals surface area contributed by atoms with Gasteiger partial charge in [0, 0.05) is 43.1 Å². The molecular formula is C25H33N3O3. The van der Waals surface area contributed by atoms with Gasteiger partial charge in [-0.1, -0.05) is 6.07 Å². The smallest absolute Gasteiger partial charge is 0.255 e. The van der Waals surface area contributed by atoms with E-state index in [1.807, 2.05) is 30.0 Å². The number of aliphatic hydroxyl groups excluding tert-OH is 1. The maximum absolute atomic E-state index is 13.0. The minimum absolute atomic E-state index is 0.0962. The Morgan fingerprint density at radius 3 is 2.52 bits per heavy atom. The highest BCUT2D eigenvalue weighted by Crippen LogP contribution is 2.39. The number of ether oxygens (including phenoxy) is 1. The first kappa shape index (κ1) is 21.8. The number of aliphatic hydroxyl groups is 1. The lowest BCUT2D eigenvalue weighted by Crippen LogP contribution is -2.49. The molecule has 3 heterocycles. The van der Waals surface area contributed by atoms with Crippen LogP contribution in [-0.4, -0.2) is 63.7 Å². The van der Waals surface area contributed by atoms with Crippen molar-refractivity contribution in [2.24, 2.45) is 0 Å². The summed E-state index contributed by atoms with van der Waals surface area (Å²) in [7, 11) is 0. The number of benzene rings is 1. The van der Waals surface area contributed by atoms with E-state index < -0.39 is 6.10 Å². The third kappa shape index (κ3) is 4.19. The second kappa shape index (κ2) is 8.60. The molecular weight excluding hydrogens is 390 g/mol. The molecule has 1 N–H and O–H groups in total. The predicted molar refractivity (Wildman–Crippen MR) is 120 cm³/mol. The fourth-order valence-corrected chi connectivity index (χ4v) is 5.00. The van der Waals surface area contributed by atoms with E-state index in [0.717, 1.165) is 36.5 Å². The zero-order chi connectivity index (χ0) is 22.3. The molecule has 2 aliphatic heterocycles. The quantitative estimate of drug-likeness (QED) is 0.771. The number of fused-ring (bicyclic) bond motifs is 2. The molecule has 4 atom stereocenters. The van der Waals surface area contributed by atoms with Crippen molar-refractivity contribution in [1.82, 2.24) is 14.8 Å². The molecule has 0 radical (unpaired) electrons. The largest absolute Gasteiger partial charge is 0.491 e. The third-order valence-electron chi connectivity index (χ3n) is 6.91. The van der Waals surface area contributed by atoms with E-state index in [2.05, 4.69) is 36.7 Å². The van der Waals surface area contributed by atoms with Crippen LogP contribution < -0.4 is 4.74 Å². The summed E-state index contributed by atoms with van der Waals surface area (Å²) in [5, 5.41) is 9.50. The van der Waals surface area contributed by atoms with Gasteiger partial charge in [-0.2, -0.15) is 0 Å². The molecule has 2 bridgehead atoms. The van der Waals surface area contributed by atoms with Crippen LogP contribution in [0, 0.1) is 20.8 Å². The molecule has 1 aromatic heterocycles. The van der Waals surface area contributed by atoms with Gasteiger partial charge >= 0.3 is 0 Å². The van der Waals surface area contributed by atoms with Crippen LogP contribution in [0.3, 0.4) is 0 Å². The third-order valence-corrected chi connectivity index (χ3v) is 6.91. The fraction of sp³-hybridized carbons (Fsp3) is 0.520. The number of amides is 1. The Hall–Kier alpha value is -2.44. The van der Waals surface area contributed by atoms with Crippen molar-refractivity contribution in [3.05, 3.63) is 58.4 Å². The molecule has 1 unspecified atom stereocenters. The van der Waals surface area contributed by atoms with Gasteiger partial charge in [-0.25, -0.2) is 0 Å². The number of aryl methyl sites for hydroxylation is 1. The average molecular weight is 424 g/mol. The molecule has 6 nitrogen and oxygen atoms in total. The van der Waals surface area contributed by atoms with Crippen molar-refractivity contribution in [3.63, 3.8) is 0 Å². The van der Waals surface area contributed by atoms with Crippen molar-refractivity contribution in [1.29, 1.82) is 0 Å². The number of piperazine rings is 1. The molecule has 0 saturated carbocycles. The van der Waals surface area contributed by atoms with E-state index in [9.17, 15) is 9.90 Å². The second-order valence-corrected chi connectivity index (χ2v) is 9.12. The summed E-state index contributed by atoms with van der Waals surface area (Å²) >= 11 is 0. The standard InChI is InChI=1S/C25H33N3O3/c1-15-6-7-20(11-26-15)25(30)28-13-21-10-22(28)12-27(21)19(5)23-8-9-24(18(4)17(23)3)31-14-16(2)29/h6-9,11,16,19,21-22,29H,10,12-14H2,1-5H3/t16?,19-,21-,22-/m0/s1. The van der Waals surface area contributed by atoms with Gasteiger partial charge in [0.15, 0.2) is 0 Å². The van der Waals surface area contributed by atoms with Gasteiger partial charge in [-0.05, 0) is 75.9 Å². The fourth-order valence-electron chi connectivity index (χ4n) is 5.00. The van der Waals surface area contributed by atoms with Gasteiger partial charge < -0.3 is 14.7 Å². The van der Waals surface area contributed by atoms with Crippen LogP contribution in [0.2, 0.25) is 0 Å². The van der Waals surface area contributed by atoms with Gasteiger partial charge in [0.05, 0.1) is 11.7 Å². The Labute approximate surface area is 184 Å². The zero-order valence-corrected chi connectivity index (χ0v) is 19.1. The highest BCUT2D eigenvalue weighted by atomic mass is 16.5. The van der Waals surface area contributed by atoms with Gasteiger partial charge in [0.25, 0.3) is 5.91 Å². The Morgan fingerprint density at radius 2 is 1.90 bits per heavy atom.